The Bertz CT molecular complexity index is 753. The molecule has 7 heteroatoms. The smallest absolute Gasteiger partial charge is 0.254 e. The lowest BCUT2D eigenvalue weighted by molar-refractivity contribution is 0.0769. The fraction of sp³-hybridized carbons (Fsp3) is 0.526. The van der Waals surface area contributed by atoms with Gasteiger partial charge in [0, 0.05) is 19.0 Å². The molecule has 140 valence electrons. The van der Waals surface area contributed by atoms with Crippen LogP contribution in [-0.2, 0) is 13.0 Å². The number of carbonyl (C=O) groups excluding carboxylic acids is 1. The van der Waals surface area contributed by atoms with Gasteiger partial charge in [-0.3, -0.25) is 4.79 Å². The average molecular weight is 359 g/mol. The summed E-state index contributed by atoms with van der Waals surface area (Å²) in [5.74, 6) is 2.17. The number of aryl methyl sites for hydroxylation is 1. The first-order chi connectivity index (χ1) is 12.6. The highest BCUT2D eigenvalue weighted by Gasteiger charge is 2.21. The summed E-state index contributed by atoms with van der Waals surface area (Å²) in [4.78, 5) is 18.5. The van der Waals surface area contributed by atoms with Crippen LogP contribution in [0, 0.1) is 0 Å². The van der Waals surface area contributed by atoms with E-state index in [2.05, 4.69) is 10.1 Å². The quantitative estimate of drug-likeness (QED) is 0.755. The van der Waals surface area contributed by atoms with Crippen LogP contribution in [0.2, 0.25) is 0 Å². The molecule has 26 heavy (non-hydrogen) atoms. The molecule has 0 bridgehead atoms. The standard InChI is InChI=1S/C19H25N3O4/c1-4-17-20-18(26-21-17)12-22(2)19(23)13-9-10-15(16(11-13)24-3)25-14-7-5-6-8-14/h9-11,14H,4-8,12H2,1-3H3. The van der Waals surface area contributed by atoms with Crippen LogP contribution in [0.1, 0.15) is 54.7 Å². The van der Waals surface area contributed by atoms with Crippen molar-refractivity contribution < 1.29 is 18.8 Å². The third-order valence-corrected chi connectivity index (χ3v) is 4.55. The first-order valence-electron chi connectivity index (χ1n) is 9.02. The number of aromatic nitrogens is 2. The Hall–Kier alpha value is -2.57. The highest BCUT2D eigenvalue weighted by atomic mass is 16.5. The molecule has 0 aliphatic heterocycles. The van der Waals surface area contributed by atoms with Crippen molar-refractivity contribution in [1.29, 1.82) is 0 Å². The van der Waals surface area contributed by atoms with Gasteiger partial charge in [-0.15, -0.1) is 0 Å². The van der Waals surface area contributed by atoms with Gasteiger partial charge in [-0.1, -0.05) is 12.1 Å². The fourth-order valence-corrected chi connectivity index (χ4v) is 3.08. The number of hydrogen-bond acceptors (Lipinski definition) is 6. The van der Waals surface area contributed by atoms with Gasteiger partial charge in [-0.2, -0.15) is 4.98 Å². The van der Waals surface area contributed by atoms with E-state index >= 15 is 0 Å². The van der Waals surface area contributed by atoms with Gasteiger partial charge in [-0.05, 0) is 43.9 Å². The van der Waals surface area contributed by atoms with Crippen molar-refractivity contribution in [1.82, 2.24) is 15.0 Å². The number of methoxy groups -OCH3 is 1. The Morgan fingerprint density at radius 1 is 1.31 bits per heavy atom. The molecule has 3 rings (SSSR count). The molecule has 0 spiro atoms. The summed E-state index contributed by atoms with van der Waals surface area (Å²) in [5.41, 5.74) is 0.526. The van der Waals surface area contributed by atoms with Crippen molar-refractivity contribution in [3.05, 3.63) is 35.5 Å². The maximum Gasteiger partial charge on any atom is 0.254 e. The van der Waals surface area contributed by atoms with Gasteiger partial charge < -0.3 is 18.9 Å². The minimum Gasteiger partial charge on any atom is -0.493 e. The van der Waals surface area contributed by atoms with E-state index in [1.54, 1.807) is 37.3 Å². The Morgan fingerprint density at radius 2 is 2.08 bits per heavy atom. The second kappa shape index (κ2) is 8.21. The monoisotopic (exact) mass is 359 g/mol. The molecule has 7 nitrogen and oxygen atoms in total. The lowest BCUT2D eigenvalue weighted by Crippen LogP contribution is -2.26. The first-order valence-corrected chi connectivity index (χ1v) is 9.02. The molecule has 0 N–H and O–H groups in total. The van der Waals surface area contributed by atoms with Crippen molar-refractivity contribution in [3.63, 3.8) is 0 Å². The molecule has 1 aromatic carbocycles. The van der Waals surface area contributed by atoms with Crippen LogP contribution < -0.4 is 9.47 Å². The molecule has 1 aliphatic carbocycles. The summed E-state index contributed by atoms with van der Waals surface area (Å²) in [5, 5.41) is 3.85. The van der Waals surface area contributed by atoms with Crippen LogP contribution in [0.4, 0.5) is 0 Å². The zero-order valence-electron chi connectivity index (χ0n) is 15.5. The SMILES string of the molecule is CCc1noc(CN(C)C(=O)c2ccc(OC3CCCC3)c(OC)c2)n1. The summed E-state index contributed by atoms with van der Waals surface area (Å²) in [6, 6.07) is 5.28. The molecule has 1 amide bonds. The van der Waals surface area contributed by atoms with Gasteiger partial charge in [0.1, 0.15) is 0 Å². The minimum absolute atomic E-state index is 0.146. The molecule has 1 aliphatic rings. The van der Waals surface area contributed by atoms with Crippen LogP contribution in [-0.4, -0.2) is 41.2 Å². The third-order valence-electron chi connectivity index (χ3n) is 4.55. The number of hydrogen-bond donors (Lipinski definition) is 0. The van der Waals surface area contributed by atoms with E-state index in [4.69, 9.17) is 14.0 Å². The summed E-state index contributed by atoms with van der Waals surface area (Å²) in [6.07, 6.45) is 5.46. The van der Waals surface area contributed by atoms with E-state index in [-0.39, 0.29) is 18.6 Å². The summed E-state index contributed by atoms with van der Waals surface area (Å²) in [6.45, 7) is 2.21. The van der Waals surface area contributed by atoms with Gasteiger partial charge in [0.05, 0.1) is 19.8 Å². The molecule has 1 fully saturated rings. The zero-order valence-corrected chi connectivity index (χ0v) is 15.5. The van der Waals surface area contributed by atoms with E-state index in [1.807, 2.05) is 6.92 Å². The Labute approximate surface area is 153 Å². The molecule has 1 heterocycles. The number of ether oxygens (including phenoxy) is 2. The predicted octanol–water partition coefficient (Wildman–Crippen LogP) is 3.23. The van der Waals surface area contributed by atoms with Gasteiger partial charge in [-0.25, -0.2) is 0 Å². The lowest BCUT2D eigenvalue weighted by atomic mass is 10.1. The van der Waals surface area contributed by atoms with Crippen LogP contribution in [0.25, 0.3) is 0 Å². The van der Waals surface area contributed by atoms with E-state index < -0.39 is 0 Å². The number of nitrogens with zero attached hydrogens (tertiary/aromatic N) is 3. The van der Waals surface area contributed by atoms with Gasteiger partial charge in [0.25, 0.3) is 5.91 Å². The highest BCUT2D eigenvalue weighted by Crippen LogP contribution is 2.32. The molecule has 1 saturated carbocycles. The van der Waals surface area contributed by atoms with Crippen LogP contribution in [0.5, 0.6) is 11.5 Å². The first kappa shape index (κ1) is 18.2. The van der Waals surface area contributed by atoms with E-state index in [0.717, 1.165) is 12.8 Å². The van der Waals surface area contributed by atoms with E-state index in [0.29, 0.717) is 35.2 Å². The Morgan fingerprint density at radius 3 is 2.73 bits per heavy atom. The van der Waals surface area contributed by atoms with Crippen LogP contribution >= 0.6 is 0 Å². The normalized spacial score (nSPS) is 14.4. The molecule has 0 saturated heterocycles. The molecular formula is C19H25N3O4. The zero-order chi connectivity index (χ0) is 18.5. The van der Waals surface area contributed by atoms with Gasteiger partial charge >= 0.3 is 0 Å². The number of carbonyl (C=O) groups is 1. The number of amides is 1. The molecule has 1 aromatic heterocycles. The van der Waals surface area contributed by atoms with Crippen LogP contribution in [0.3, 0.4) is 0 Å². The molecule has 0 atom stereocenters. The summed E-state index contributed by atoms with van der Waals surface area (Å²) in [7, 11) is 3.28. The van der Waals surface area contributed by atoms with Crippen molar-refractivity contribution in [2.45, 2.75) is 51.7 Å². The second-order valence-electron chi connectivity index (χ2n) is 6.51. The fourth-order valence-electron chi connectivity index (χ4n) is 3.08. The topological polar surface area (TPSA) is 77.7 Å². The Kier molecular flexibility index (Phi) is 5.75. The van der Waals surface area contributed by atoms with Crippen molar-refractivity contribution in [3.8, 4) is 11.5 Å². The second-order valence-corrected chi connectivity index (χ2v) is 6.51. The van der Waals surface area contributed by atoms with Crippen molar-refractivity contribution in [2.75, 3.05) is 14.2 Å². The lowest BCUT2D eigenvalue weighted by Gasteiger charge is -2.18. The number of rotatable bonds is 7. The summed E-state index contributed by atoms with van der Waals surface area (Å²) >= 11 is 0. The molecular weight excluding hydrogens is 334 g/mol. The van der Waals surface area contributed by atoms with Gasteiger partial charge in [0.15, 0.2) is 17.3 Å². The van der Waals surface area contributed by atoms with E-state index in [1.165, 1.54) is 12.8 Å². The maximum absolute atomic E-state index is 12.7. The van der Waals surface area contributed by atoms with Crippen molar-refractivity contribution >= 4 is 5.91 Å². The third kappa shape index (κ3) is 4.15. The summed E-state index contributed by atoms with van der Waals surface area (Å²) < 4.78 is 16.6. The largest absolute Gasteiger partial charge is 0.493 e. The molecule has 0 unspecified atom stereocenters. The van der Waals surface area contributed by atoms with E-state index in [9.17, 15) is 4.79 Å². The van der Waals surface area contributed by atoms with Crippen molar-refractivity contribution in [2.24, 2.45) is 0 Å². The maximum atomic E-state index is 12.7. The average Bonchev–Trinajstić information content (AvgIpc) is 3.33. The molecule has 0 radical (unpaired) electrons. The highest BCUT2D eigenvalue weighted by molar-refractivity contribution is 5.94. The van der Waals surface area contributed by atoms with Gasteiger partial charge in [0.2, 0.25) is 5.89 Å². The predicted molar refractivity (Wildman–Crippen MR) is 95.4 cm³/mol. The number of benzene rings is 1. The Balaban J connectivity index is 1.69. The van der Waals surface area contributed by atoms with Crippen LogP contribution in [0.15, 0.2) is 22.7 Å². The molecule has 2 aromatic rings. The minimum atomic E-state index is -0.146.